The van der Waals surface area contributed by atoms with Crippen molar-refractivity contribution in [2.45, 2.75) is 19.8 Å². The summed E-state index contributed by atoms with van der Waals surface area (Å²) in [7, 11) is -3.05. The SMILES string of the molecule is C#CCCNS(=O)(=O)CCC. The zero-order chi connectivity index (χ0) is 8.74. The highest BCUT2D eigenvalue weighted by Gasteiger charge is 2.05. The van der Waals surface area contributed by atoms with Crippen LogP contribution in [0.5, 0.6) is 0 Å². The lowest BCUT2D eigenvalue weighted by Gasteiger charge is -2.01. The van der Waals surface area contributed by atoms with Crippen LogP contribution >= 0.6 is 0 Å². The fourth-order valence-corrected chi connectivity index (χ4v) is 1.71. The Morgan fingerprint density at radius 3 is 2.64 bits per heavy atom. The first kappa shape index (κ1) is 10.5. The lowest BCUT2D eigenvalue weighted by molar-refractivity contribution is 0.581. The molecule has 0 heterocycles. The molecule has 0 saturated carbocycles. The molecule has 0 aliphatic heterocycles. The molecule has 0 spiro atoms. The molecule has 0 rings (SSSR count). The maximum atomic E-state index is 10.9. The Morgan fingerprint density at radius 2 is 2.18 bits per heavy atom. The Morgan fingerprint density at radius 1 is 1.55 bits per heavy atom. The summed E-state index contributed by atoms with van der Waals surface area (Å²) in [6, 6.07) is 0. The summed E-state index contributed by atoms with van der Waals surface area (Å²) < 4.78 is 24.2. The molecule has 0 aromatic rings. The van der Waals surface area contributed by atoms with E-state index in [0.29, 0.717) is 19.4 Å². The number of rotatable bonds is 5. The van der Waals surface area contributed by atoms with Crippen molar-refractivity contribution < 1.29 is 8.42 Å². The Hall–Kier alpha value is -0.530. The van der Waals surface area contributed by atoms with Crippen molar-refractivity contribution in [1.82, 2.24) is 4.72 Å². The first-order valence-corrected chi connectivity index (χ1v) is 5.18. The highest BCUT2D eigenvalue weighted by atomic mass is 32.2. The summed E-state index contributed by atoms with van der Waals surface area (Å²) in [6.07, 6.45) is 6.02. The molecule has 3 nitrogen and oxygen atoms in total. The van der Waals surface area contributed by atoms with Gasteiger partial charge in [-0.25, -0.2) is 13.1 Å². The Bertz CT molecular complexity index is 225. The van der Waals surface area contributed by atoms with Gasteiger partial charge < -0.3 is 0 Å². The maximum Gasteiger partial charge on any atom is 0.211 e. The highest BCUT2D eigenvalue weighted by molar-refractivity contribution is 7.89. The topological polar surface area (TPSA) is 46.2 Å². The molecule has 0 radical (unpaired) electrons. The third-order valence-corrected chi connectivity index (χ3v) is 2.65. The molecule has 0 aromatic heterocycles. The van der Waals surface area contributed by atoms with Gasteiger partial charge in [0.25, 0.3) is 0 Å². The highest BCUT2D eigenvalue weighted by Crippen LogP contribution is 1.87. The molecule has 0 saturated heterocycles. The molecule has 0 unspecified atom stereocenters. The fourth-order valence-electron chi connectivity index (χ4n) is 0.620. The molecule has 0 atom stereocenters. The lowest BCUT2D eigenvalue weighted by Crippen LogP contribution is -2.26. The Kier molecular flexibility index (Phi) is 4.92. The van der Waals surface area contributed by atoms with Gasteiger partial charge in [-0.2, -0.15) is 0 Å². The van der Waals surface area contributed by atoms with Gasteiger partial charge in [0.05, 0.1) is 5.75 Å². The van der Waals surface area contributed by atoms with E-state index in [9.17, 15) is 8.42 Å². The summed E-state index contributed by atoms with van der Waals surface area (Å²) in [6.45, 7) is 2.17. The van der Waals surface area contributed by atoms with Gasteiger partial charge in [-0.05, 0) is 6.42 Å². The molecular weight excluding hydrogens is 162 g/mol. The number of hydrogen-bond donors (Lipinski definition) is 1. The minimum Gasteiger partial charge on any atom is -0.214 e. The van der Waals surface area contributed by atoms with Crippen LogP contribution in [0.2, 0.25) is 0 Å². The van der Waals surface area contributed by atoms with Crippen LogP contribution in [-0.2, 0) is 10.0 Å². The summed E-state index contributed by atoms with van der Waals surface area (Å²) >= 11 is 0. The van der Waals surface area contributed by atoms with Crippen LogP contribution < -0.4 is 4.72 Å². The molecule has 0 amide bonds. The molecule has 0 fully saturated rings. The molecule has 0 aliphatic rings. The van der Waals surface area contributed by atoms with E-state index in [0.717, 1.165) is 0 Å². The van der Waals surface area contributed by atoms with Crippen molar-refractivity contribution in [3.8, 4) is 12.3 Å². The van der Waals surface area contributed by atoms with Crippen molar-refractivity contribution in [3.05, 3.63) is 0 Å². The van der Waals surface area contributed by atoms with Crippen LogP contribution in [0.15, 0.2) is 0 Å². The number of hydrogen-bond acceptors (Lipinski definition) is 2. The standard InChI is InChI=1S/C7H13NO2S/c1-3-5-6-8-11(9,10)7-4-2/h1,8H,4-7H2,2H3. The third-order valence-electron chi connectivity index (χ3n) is 1.06. The van der Waals surface area contributed by atoms with Crippen molar-refractivity contribution >= 4 is 10.0 Å². The van der Waals surface area contributed by atoms with Gasteiger partial charge in [0.2, 0.25) is 10.0 Å². The fraction of sp³-hybridized carbons (Fsp3) is 0.714. The van der Waals surface area contributed by atoms with Gasteiger partial charge in [-0.15, -0.1) is 12.3 Å². The quantitative estimate of drug-likeness (QED) is 0.484. The van der Waals surface area contributed by atoms with Crippen LogP contribution in [0.25, 0.3) is 0 Å². The third kappa shape index (κ3) is 5.89. The van der Waals surface area contributed by atoms with Gasteiger partial charge in [-0.1, -0.05) is 6.92 Å². The van der Waals surface area contributed by atoms with Crippen LogP contribution in [0, 0.1) is 12.3 Å². The molecule has 64 valence electrons. The van der Waals surface area contributed by atoms with Gasteiger partial charge in [0, 0.05) is 13.0 Å². The van der Waals surface area contributed by atoms with Crippen molar-refractivity contribution in [2.24, 2.45) is 0 Å². The predicted octanol–water partition coefficient (Wildman–Crippen LogP) is 0.339. The molecule has 0 aliphatic carbocycles. The van der Waals surface area contributed by atoms with Crippen LogP contribution in [-0.4, -0.2) is 20.7 Å². The molecular formula is C7H13NO2S. The summed E-state index contributed by atoms with van der Waals surface area (Å²) in [5.74, 6) is 2.53. The van der Waals surface area contributed by atoms with Gasteiger partial charge >= 0.3 is 0 Å². The van der Waals surface area contributed by atoms with Crippen molar-refractivity contribution in [3.63, 3.8) is 0 Å². The summed E-state index contributed by atoms with van der Waals surface area (Å²) in [5, 5.41) is 0. The van der Waals surface area contributed by atoms with Crippen LogP contribution in [0.3, 0.4) is 0 Å². The zero-order valence-electron chi connectivity index (χ0n) is 6.63. The first-order valence-electron chi connectivity index (χ1n) is 3.53. The maximum absolute atomic E-state index is 10.9. The molecule has 1 N–H and O–H groups in total. The Balaban J connectivity index is 3.67. The molecule has 0 bridgehead atoms. The monoisotopic (exact) mass is 175 g/mol. The van der Waals surface area contributed by atoms with Crippen molar-refractivity contribution in [2.75, 3.05) is 12.3 Å². The summed E-state index contributed by atoms with van der Waals surface area (Å²) in [5.41, 5.74) is 0. The second kappa shape index (κ2) is 5.16. The average Bonchev–Trinajstić information content (AvgIpc) is 1.87. The second-order valence-corrected chi connectivity index (χ2v) is 4.09. The van der Waals surface area contributed by atoms with Gasteiger partial charge in [0.15, 0.2) is 0 Å². The van der Waals surface area contributed by atoms with Crippen LogP contribution in [0.4, 0.5) is 0 Å². The first-order chi connectivity index (χ1) is 5.12. The lowest BCUT2D eigenvalue weighted by atomic mass is 10.5. The van der Waals surface area contributed by atoms with E-state index in [2.05, 4.69) is 10.6 Å². The second-order valence-electron chi connectivity index (χ2n) is 2.17. The van der Waals surface area contributed by atoms with Crippen LogP contribution in [0.1, 0.15) is 19.8 Å². The van der Waals surface area contributed by atoms with Crippen molar-refractivity contribution in [1.29, 1.82) is 0 Å². The molecule has 4 heteroatoms. The van der Waals surface area contributed by atoms with Gasteiger partial charge in [-0.3, -0.25) is 0 Å². The average molecular weight is 175 g/mol. The zero-order valence-corrected chi connectivity index (χ0v) is 7.45. The number of nitrogens with one attached hydrogen (secondary N) is 1. The minimum absolute atomic E-state index is 0.178. The largest absolute Gasteiger partial charge is 0.214 e. The minimum atomic E-state index is -3.05. The van der Waals surface area contributed by atoms with E-state index in [1.54, 1.807) is 0 Å². The van der Waals surface area contributed by atoms with E-state index in [4.69, 9.17) is 6.42 Å². The summed E-state index contributed by atoms with van der Waals surface area (Å²) in [4.78, 5) is 0. The van der Waals surface area contributed by atoms with E-state index in [-0.39, 0.29) is 5.75 Å². The van der Waals surface area contributed by atoms with E-state index in [1.165, 1.54) is 0 Å². The number of terminal acetylenes is 1. The van der Waals surface area contributed by atoms with E-state index >= 15 is 0 Å². The van der Waals surface area contributed by atoms with Gasteiger partial charge in [0.1, 0.15) is 0 Å². The molecule has 11 heavy (non-hydrogen) atoms. The smallest absolute Gasteiger partial charge is 0.211 e. The van der Waals surface area contributed by atoms with E-state index in [1.807, 2.05) is 6.92 Å². The molecule has 0 aromatic carbocycles. The normalized spacial score (nSPS) is 10.9. The predicted molar refractivity (Wildman–Crippen MR) is 45.5 cm³/mol. The Labute approximate surface area is 68.2 Å². The van der Waals surface area contributed by atoms with E-state index < -0.39 is 10.0 Å². The number of sulfonamides is 1.